The lowest BCUT2D eigenvalue weighted by molar-refractivity contribution is -0.300. The van der Waals surface area contributed by atoms with Gasteiger partial charge in [0.25, 0.3) is 0 Å². The van der Waals surface area contributed by atoms with E-state index in [0.717, 1.165) is 0 Å². The van der Waals surface area contributed by atoms with E-state index >= 15 is 0 Å². The maximum absolute atomic E-state index is 12.6. The van der Waals surface area contributed by atoms with Gasteiger partial charge in [0.2, 0.25) is 5.91 Å². The molecule has 42 heavy (non-hydrogen) atoms. The molecule has 15 atom stereocenters. The number of aliphatic hydroxyl groups excluding tert-OH is 7. The largest absolute Gasteiger partial charge is 0.394 e. The van der Waals surface area contributed by atoms with Gasteiger partial charge in [0.1, 0.15) is 30.5 Å². The number of carbonyl (C=O) groups is 1. The summed E-state index contributed by atoms with van der Waals surface area (Å²) >= 11 is 0. The molecule has 2 heterocycles. The molecule has 0 aromatic heterocycles. The molecule has 1 aliphatic carbocycles. The minimum atomic E-state index is -1.55. The van der Waals surface area contributed by atoms with Crippen molar-refractivity contribution < 1.29 is 59.5 Å². The summed E-state index contributed by atoms with van der Waals surface area (Å²) < 4.78 is 23.2. The zero-order valence-corrected chi connectivity index (χ0v) is 23.3. The van der Waals surface area contributed by atoms with E-state index in [4.69, 9.17) is 47.0 Å². The highest BCUT2D eigenvalue weighted by Gasteiger charge is 2.50. The van der Waals surface area contributed by atoms with Crippen LogP contribution in [0.3, 0.4) is 0 Å². The number of nitrogens with two attached hydrogens (primary N) is 4. The number of rotatable bonds is 13. The summed E-state index contributed by atoms with van der Waals surface area (Å²) in [6.45, 7) is -0.502. The lowest BCUT2D eigenvalue weighted by atomic mass is 9.83. The molecule has 2 aliphatic heterocycles. The number of aliphatic hydroxyl groups is 7. The first-order valence-corrected chi connectivity index (χ1v) is 14.1. The van der Waals surface area contributed by atoms with Gasteiger partial charge < -0.3 is 88.3 Å². The first kappa shape index (κ1) is 35.3. The normalized spacial score (nSPS) is 42.6. The van der Waals surface area contributed by atoms with Crippen LogP contribution in [0.5, 0.6) is 0 Å². The fraction of sp³-hybridized carbons (Fsp3) is 0.958. The molecule has 1 amide bonds. The van der Waals surface area contributed by atoms with E-state index in [2.05, 4.69) is 10.6 Å². The minimum Gasteiger partial charge on any atom is -0.394 e. The molecule has 3 aliphatic rings. The second-order valence-corrected chi connectivity index (χ2v) is 11.1. The molecule has 2 unspecified atom stereocenters. The third-order valence-corrected chi connectivity index (χ3v) is 7.76. The van der Waals surface area contributed by atoms with Crippen molar-refractivity contribution in [2.45, 2.75) is 111 Å². The first-order valence-electron chi connectivity index (χ1n) is 14.1. The number of amides is 1. The van der Waals surface area contributed by atoms with Crippen LogP contribution in [0, 0.1) is 0 Å². The lowest BCUT2D eigenvalue weighted by Crippen LogP contribution is -2.68. The summed E-state index contributed by atoms with van der Waals surface area (Å²) in [5.41, 5.74) is 23.8. The van der Waals surface area contributed by atoms with Crippen molar-refractivity contribution in [3.05, 3.63) is 0 Å². The molecule has 0 spiro atoms. The van der Waals surface area contributed by atoms with Gasteiger partial charge >= 0.3 is 0 Å². The van der Waals surface area contributed by atoms with Gasteiger partial charge in [-0.05, 0) is 25.8 Å². The van der Waals surface area contributed by atoms with E-state index in [1.54, 1.807) is 0 Å². The molecule has 17 N–H and O–H groups in total. The first-order chi connectivity index (χ1) is 19.9. The number of carbonyl (C=O) groups excluding carboxylic acids is 1. The van der Waals surface area contributed by atoms with Crippen molar-refractivity contribution in [3.8, 4) is 0 Å². The van der Waals surface area contributed by atoms with Crippen molar-refractivity contribution in [1.82, 2.24) is 10.6 Å². The third kappa shape index (κ3) is 8.94. The summed E-state index contributed by atoms with van der Waals surface area (Å²) in [5, 5.41) is 76.4. The van der Waals surface area contributed by atoms with E-state index < -0.39 is 104 Å². The van der Waals surface area contributed by atoms with Gasteiger partial charge in [0.15, 0.2) is 12.6 Å². The molecule has 18 heteroatoms. The monoisotopic (exact) mass is 612 g/mol. The number of nitrogens with one attached hydrogen (secondary N) is 2. The predicted octanol–water partition coefficient (Wildman–Crippen LogP) is -7.81. The van der Waals surface area contributed by atoms with Crippen molar-refractivity contribution in [1.29, 1.82) is 0 Å². The summed E-state index contributed by atoms with van der Waals surface area (Å²) in [6.07, 6.45) is -13.3. The zero-order valence-electron chi connectivity index (χ0n) is 23.3. The summed E-state index contributed by atoms with van der Waals surface area (Å²) in [6, 6.07) is -3.81. The second kappa shape index (κ2) is 16.2. The molecular formula is C24H48N6O12. The van der Waals surface area contributed by atoms with Gasteiger partial charge in [0, 0.05) is 19.1 Å². The summed E-state index contributed by atoms with van der Waals surface area (Å²) in [4.78, 5) is 12.6. The lowest BCUT2D eigenvalue weighted by Gasteiger charge is -2.48. The highest BCUT2D eigenvalue weighted by molar-refractivity contribution is 5.80. The van der Waals surface area contributed by atoms with E-state index in [0.29, 0.717) is 0 Å². The van der Waals surface area contributed by atoms with Crippen LogP contribution in [0.4, 0.5) is 0 Å². The fourth-order valence-corrected chi connectivity index (χ4v) is 5.23. The Balaban J connectivity index is 1.75. The number of hydrogen-bond donors (Lipinski definition) is 13. The highest BCUT2D eigenvalue weighted by Crippen LogP contribution is 2.31. The van der Waals surface area contributed by atoms with Crippen LogP contribution in [-0.4, -0.2) is 166 Å². The Kier molecular flexibility index (Phi) is 13.6. The van der Waals surface area contributed by atoms with Crippen LogP contribution in [-0.2, 0) is 23.7 Å². The Hall–Kier alpha value is -1.17. The third-order valence-electron chi connectivity index (χ3n) is 7.76. The van der Waals surface area contributed by atoms with Gasteiger partial charge in [-0.3, -0.25) is 4.79 Å². The average Bonchev–Trinajstić information content (AvgIpc) is 2.94. The molecule has 0 aromatic carbocycles. The van der Waals surface area contributed by atoms with E-state index in [1.165, 1.54) is 0 Å². The zero-order chi connectivity index (χ0) is 31.1. The minimum absolute atomic E-state index is 0.0143. The Morgan fingerprint density at radius 2 is 1.64 bits per heavy atom. The van der Waals surface area contributed by atoms with Gasteiger partial charge in [0.05, 0.1) is 55.8 Å². The molecule has 0 radical (unpaired) electrons. The molecule has 1 saturated carbocycles. The van der Waals surface area contributed by atoms with Crippen LogP contribution >= 0.6 is 0 Å². The van der Waals surface area contributed by atoms with Gasteiger partial charge in [-0.2, -0.15) is 0 Å². The van der Waals surface area contributed by atoms with Crippen LogP contribution in [0.25, 0.3) is 0 Å². The molecule has 3 fully saturated rings. The Morgan fingerprint density at radius 1 is 0.952 bits per heavy atom. The Bertz CT molecular complexity index is 837. The van der Waals surface area contributed by atoms with E-state index in [1.807, 2.05) is 0 Å². The Morgan fingerprint density at radius 3 is 2.31 bits per heavy atom. The average molecular weight is 613 g/mol. The molecule has 18 nitrogen and oxygen atoms in total. The molecule has 0 aromatic rings. The van der Waals surface area contributed by atoms with Gasteiger partial charge in [-0.25, -0.2) is 0 Å². The Labute approximate surface area is 243 Å². The smallest absolute Gasteiger partial charge is 0.249 e. The van der Waals surface area contributed by atoms with Crippen molar-refractivity contribution in [2.24, 2.45) is 22.9 Å². The van der Waals surface area contributed by atoms with Gasteiger partial charge in [-0.1, -0.05) is 0 Å². The van der Waals surface area contributed by atoms with Crippen LogP contribution in [0.2, 0.25) is 0 Å². The maximum Gasteiger partial charge on any atom is 0.249 e. The maximum atomic E-state index is 12.6. The van der Waals surface area contributed by atoms with E-state index in [9.17, 15) is 35.4 Å². The quantitative estimate of drug-likeness (QED) is 0.0918. The molecule has 2 saturated heterocycles. The van der Waals surface area contributed by atoms with Crippen LogP contribution < -0.4 is 33.6 Å². The molecule has 3 rings (SSSR count). The van der Waals surface area contributed by atoms with Crippen molar-refractivity contribution in [3.63, 3.8) is 0 Å². The van der Waals surface area contributed by atoms with Gasteiger partial charge in [-0.15, -0.1) is 0 Å². The van der Waals surface area contributed by atoms with Crippen LogP contribution in [0.1, 0.15) is 19.3 Å². The SMILES string of the molecule is NCC[C@H](O)C(=O)N[C@@H]1C[C@H](N)C(O[C@H]2O[C@H](CNCC(O)CO)[C@@H](O)C[C@H]2N)[C@H](O)[C@H]1O[C@H]1OC[C@@H](O)[C@H](N)[C@H]1O. The van der Waals surface area contributed by atoms with Crippen LogP contribution in [0.15, 0.2) is 0 Å². The van der Waals surface area contributed by atoms with E-state index in [-0.39, 0.29) is 45.5 Å². The number of ether oxygens (including phenoxy) is 4. The molecule has 246 valence electrons. The fourth-order valence-electron chi connectivity index (χ4n) is 5.23. The van der Waals surface area contributed by atoms with Crippen molar-refractivity contribution >= 4 is 5.91 Å². The standard InChI is InChI=1S/C24H48N6O12/c25-2-1-13(33)22(38)30-12-3-10(26)20(19(37)21(12)42-24-18(36)17(28)15(35)8-39-24)41-23-11(27)4-14(34)16(40-23)6-29-5-9(32)7-31/h9-21,23-24,29,31-37H,1-8,25-28H2,(H,30,38)/t9?,10-,11+,12+,13-,14-,15+,16+,17-,18+,19-,20?,21-,23+,24+/m0/s1. The highest BCUT2D eigenvalue weighted by atomic mass is 16.7. The van der Waals surface area contributed by atoms with Crippen molar-refractivity contribution in [2.75, 3.05) is 32.8 Å². The predicted molar refractivity (Wildman–Crippen MR) is 143 cm³/mol. The number of hydrogen-bond acceptors (Lipinski definition) is 17. The summed E-state index contributed by atoms with van der Waals surface area (Å²) in [5.74, 6) is -0.775. The second-order valence-electron chi connectivity index (χ2n) is 11.1. The topological polar surface area (TPSA) is 324 Å². The summed E-state index contributed by atoms with van der Waals surface area (Å²) in [7, 11) is 0. The molecular weight excluding hydrogens is 564 g/mol. The molecule has 0 bridgehead atoms.